The Morgan fingerprint density at radius 3 is 2.69 bits per heavy atom. The standard InChI is InChI=1S/C8H5ClN2O2/c9-8(11-6-13)4-2-1-3-7(8)10-5-12/h1-4,7H. The SMILES string of the molecule is O=C=NC1C=CC=CC1(Cl)N=C=O. The highest BCUT2D eigenvalue weighted by Gasteiger charge is 2.34. The maximum atomic E-state index is 10.1. The number of allylic oxidation sites excluding steroid dienone is 2. The minimum Gasteiger partial charge on any atom is -0.211 e. The van der Waals surface area contributed by atoms with Crippen LogP contribution in [0.1, 0.15) is 0 Å². The summed E-state index contributed by atoms with van der Waals surface area (Å²) in [5.74, 6) is 0. The molecular formula is C8H5ClN2O2. The Bertz CT molecular complexity index is 351. The van der Waals surface area contributed by atoms with Gasteiger partial charge in [-0.25, -0.2) is 9.59 Å². The van der Waals surface area contributed by atoms with Crippen LogP contribution in [0.5, 0.6) is 0 Å². The van der Waals surface area contributed by atoms with E-state index >= 15 is 0 Å². The summed E-state index contributed by atoms with van der Waals surface area (Å²) in [5, 5.41) is 0. The Kier molecular flexibility index (Phi) is 2.93. The normalized spacial score (nSPS) is 30.4. The van der Waals surface area contributed by atoms with Gasteiger partial charge < -0.3 is 0 Å². The van der Waals surface area contributed by atoms with E-state index in [1.54, 1.807) is 18.2 Å². The molecule has 0 amide bonds. The number of nitrogens with zero attached hydrogens (tertiary/aromatic N) is 2. The van der Waals surface area contributed by atoms with Crippen molar-refractivity contribution in [1.29, 1.82) is 0 Å². The van der Waals surface area contributed by atoms with Gasteiger partial charge in [-0.3, -0.25) is 0 Å². The fraction of sp³-hybridized carbons (Fsp3) is 0.250. The number of aliphatic imine (C=N–C) groups is 2. The monoisotopic (exact) mass is 196 g/mol. The third-order valence-electron chi connectivity index (χ3n) is 1.56. The smallest absolute Gasteiger partial charge is 0.211 e. The highest BCUT2D eigenvalue weighted by atomic mass is 35.5. The number of hydrogen-bond donors (Lipinski definition) is 0. The molecule has 0 bridgehead atoms. The molecule has 0 spiro atoms. The number of halogens is 1. The summed E-state index contributed by atoms with van der Waals surface area (Å²) in [7, 11) is 0. The van der Waals surface area contributed by atoms with E-state index in [1.165, 1.54) is 18.2 Å². The Morgan fingerprint density at radius 2 is 2.08 bits per heavy atom. The van der Waals surface area contributed by atoms with Crippen molar-refractivity contribution < 1.29 is 9.59 Å². The van der Waals surface area contributed by atoms with E-state index in [9.17, 15) is 9.59 Å². The molecule has 2 unspecified atom stereocenters. The van der Waals surface area contributed by atoms with Crippen LogP contribution < -0.4 is 0 Å². The third-order valence-corrected chi connectivity index (χ3v) is 1.99. The van der Waals surface area contributed by atoms with Gasteiger partial charge in [0.1, 0.15) is 6.04 Å². The second kappa shape index (κ2) is 3.97. The van der Waals surface area contributed by atoms with Crippen LogP contribution >= 0.6 is 11.6 Å². The van der Waals surface area contributed by atoms with Gasteiger partial charge in [-0.05, 0) is 6.08 Å². The molecule has 0 saturated heterocycles. The Morgan fingerprint density at radius 1 is 1.31 bits per heavy atom. The molecule has 0 saturated carbocycles. The van der Waals surface area contributed by atoms with Gasteiger partial charge >= 0.3 is 0 Å². The van der Waals surface area contributed by atoms with Crippen molar-refractivity contribution in [2.24, 2.45) is 9.98 Å². The number of isocyanates is 2. The zero-order chi connectivity index (χ0) is 9.73. The van der Waals surface area contributed by atoms with E-state index in [0.29, 0.717) is 0 Å². The topological polar surface area (TPSA) is 58.9 Å². The molecule has 0 heterocycles. The summed E-state index contributed by atoms with van der Waals surface area (Å²) in [6.07, 6.45) is 8.99. The van der Waals surface area contributed by atoms with E-state index in [4.69, 9.17) is 11.6 Å². The van der Waals surface area contributed by atoms with Gasteiger partial charge in [-0.2, -0.15) is 9.98 Å². The Balaban J connectivity index is 3.06. The van der Waals surface area contributed by atoms with Crippen LogP contribution in [0.25, 0.3) is 0 Å². The fourth-order valence-corrected chi connectivity index (χ4v) is 1.19. The first-order valence-corrected chi connectivity index (χ1v) is 3.81. The molecule has 0 N–H and O–H groups in total. The van der Waals surface area contributed by atoms with Gasteiger partial charge in [-0.15, -0.1) is 0 Å². The lowest BCUT2D eigenvalue weighted by Crippen LogP contribution is -2.31. The molecule has 1 rings (SSSR count). The van der Waals surface area contributed by atoms with E-state index in [-0.39, 0.29) is 0 Å². The molecule has 4 nitrogen and oxygen atoms in total. The fourth-order valence-electron chi connectivity index (χ4n) is 0.957. The molecule has 0 aromatic carbocycles. The third kappa shape index (κ3) is 2.01. The summed E-state index contributed by atoms with van der Waals surface area (Å²) >= 11 is 5.88. The molecule has 13 heavy (non-hydrogen) atoms. The van der Waals surface area contributed by atoms with Crippen molar-refractivity contribution in [3.63, 3.8) is 0 Å². The molecule has 2 atom stereocenters. The van der Waals surface area contributed by atoms with Crippen molar-refractivity contribution in [1.82, 2.24) is 0 Å². The molecule has 0 fully saturated rings. The molecular weight excluding hydrogens is 192 g/mol. The van der Waals surface area contributed by atoms with Crippen molar-refractivity contribution >= 4 is 23.8 Å². The first kappa shape index (κ1) is 9.62. The minimum atomic E-state index is -1.33. The van der Waals surface area contributed by atoms with Crippen LogP contribution in [0.4, 0.5) is 0 Å². The van der Waals surface area contributed by atoms with Crippen molar-refractivity contribution in [3.05, 3.63) is 24.3 Å². The summed E-state index contributed by atoms with van der Waals surface area (Å²) in [6, 6.07) is -0.696. The second-order valence-electron chi connectivity index (χ2n) is 2.34. The van der Waals surface area contributed by atoms with Crippen LogP contribution in [-0.4, -0.2) is 23.2 Å². The lowest BCUT2D eigenvalue weighted by atomic mass is 10.0. The highest BCUT2D eigenvalue weighted by molar-refractivity contribution is 6.26. The van der Waals surface area contributed by atoms with E-state index in [0.717, 1.165) is 0 Å². The summed E-state index contributed by atoms with van der Waals surface area (Å²) < 4.78 is 0. The molecule has 1 aliphatic carbocycles. The van der Waals surface area contributed by atoms with Crippen LogP contribution in [-0.2, 0) is 9.59 Å². The zero-order valence-corrected chi connectivity index (χ0v) is 7.23. The average Bonchev–Trinajstić information content (AvgIpc) is 2.10. The molecule has 0 aromatic rings. The van der Waals surface area contributed by atoms with Gasteiger partial charge in [0.05, 0.1) is 0 Å². The van der Waals surface area contributed by atoms with Crippen molar-refractivity contribution in [2.45, 2.75) is 11.0 Å². The molecule has 1 aliphatic rings. The lowest BCUT2D eigenvalue weighted by molar-refractivity contribution is 0.542. The predicted octanol–water partition coefficient (Wildman–Crippen LogP) is 1.09. The first-order valence-electron chi connectivity index (χ1n) is 3.44. The molecule has 0 aliphatic heterocycles. The number of alkyl halides is 1. The lowest BCUT2D eigenvalue weighted by Gasteiger charge is -2.22. The van der Waals surface area contributed by atoms with Gasteiger partial charge in [0.25, 0.3) is 0 Å². The average molecular weight is 197 g/mol. The first-order chi connectivity index (χ1) is 6.23. The van der Waals surface area contributed by atoms with Crippen LogP contribution in [0.2, 0.25) is 0 Å². The largest absolute Gasteiger partial charge is 0.237 e. The number of rotatable bonds is 2. The zero-order valence-electron chi connectivity index (χ0n) is 6.48. The van der Waals surface area contributed by atoms with Gasteiger partial charge in [0, 0.05) is 0 Å². The van der Waals surface area contributed by atoms with Gasteiger partial charge in [-0.1, -0.05) is 29.8 Å². The minimum absolute atomic E-state index is 0.696. The number of carbonyl (C=O) groups excluding carboxylic acids is 2. The summed E-state index contributed by atoms with van der Waals surface area (Å²) in [5.41, 5.74) is 0. The van der Waals surface area contributed by atoms with E-state index in [2.05, 4.69) is 9.98 Å². The van der Waals surface area contributed by atoms with Gasteiger partial charge in [0.15, 0.2) is 5.00 Å². The van der Waals surface area contributed by atoms with E-state index in [1.807, 2.05) is 0 Å². The molecule has 5 heteroatoms. The quantitative estimate of drug-likeness (QED) is 0.287. The maximum absolute atomic E-state index is 10.1. The van der Waals surface area contributed by atoms with E-state index < -0.39 is 11.0 Å². The predicted molar refractivity (Wildman–Crippen MR) is 46.9 cm³/mol. The molecule has 0 aromatic heterocycles. The summed E-state index contributed by atoms with van der Waals surface area (Å²) in [6.45, 7) is 0. The van der Waals surface area contributed by atoms with Crippen molar-refractivity contribution in [3.8, 4) is 0 Å². The van der Waals surface area contributed by atoms with Gasteiger partial charge in [0.2, 0.25) is 12.2 Å². The Hall–Kier alpha value is -1.47. The highest BCUT2D eigenvalue weighted by Crippen LogP contribution is 2.29. The van der Waals surface area contributed by atoms with Crippen molar-refractivity contribution in [2.75, 3.05) is 0 Å². The number of hydrogen-bond acceptors (Lipinski definition) is 4. The summed E-state index contributed by atoms with van der Waals surface area (Å²) in [4.78, 5) is 25.5. The molecule has 0 radical (unpaired) electrons. The van der Waals surface area contributed by atoms with Crippen LogP contribution in [0.15, 0.2) is 34.3 Å². The molecule has 66 valence electrons. The maximum Gasteiger partial charge on any atom is 0.237 e. The second-order valence-corrected chi connectivity index (χ2v) is 2.95. The van der Waals surface area contributed by atoms with Crippen LogP contribution in [0, 0.1) is 0 Å². The Labute approximate surface area is 79.3 Å². The van der Waals surface area contributed by atoms with Crippen LogP contribution in [0.3, 0.4) is 0 Å².